The quantitative estimate of drug-likeness (QED) is 0.606. The summed E-state index contributed by atoms with van der Waals surface area (Å²) in [6.07, 6.45) is 0.0801. The van der Waals surface area contributed by atoms with Crippen LogP contribution < -0.4 is 9.47 Å². The number of para-hydroxylation sites is 2. The summed E-state index contributed by atoms with van der Waals surface area (Å²) in [7, 11) is 0. The Morgan fingerprint density at radius 3 is 2.33 bits per heavy atom. The first-order chi connectivity index (χ1) is 8.79. The number of benzene rings is 2. The fraction of sp³-hybridized carbons (Fsp3) is 0.133. The number of carbonyl (C=O) groups is 1. The third-order valence-electron chi connectivity index (χ3n) is 2.49. The number of carbonyl (C=O) groups excluding carboxylic acids is 1. The van der Waals surface area contributed by atoms with E-state index in [2.05, 4.69) is 0 Å². The second-order valence-corrected chi connectivity index (χ2v) is 3.73. The second kappa shape index (κ2) is 5.87. The number of rotatable bonds is 3. The molecule has 0 amide bonds. The zero-order valence-electron chi connectivity index (χ0n) is 10.1. The monoisotopic (exact) mass is 242 g/mol. The molecule has 0 N–H and O–H groups in total. The van der Waals surface area contributed by atoms with Gasteiger partial charge >= 0.3 is 6.16 Å². The van der Waals surface area contributed by atoms with Crippen molar-refractivity contribution in [2.45, 2.75) is 13.3 Å². The molecule has 0 unspecified atom stereocenters. The molecule has 0 bridgehead atoms. The van der Waals surface area contributed by atoms with Crippen LogP contribution in [-0.2, 0) is 6.42 Å². The highest BCUT2D eigenvalue weighted by Gasteiger charge is 2.09. The Labute approximate surface area is 106 Å². The summed E-state index contributed by atoms with van der Waals surface area (Å²) in [4.78, 5) is 11.6. The van der Waals surface area contributed by atoms with Gasteiger partial charge in [0.15, 0.2) is 0 Å². The minimum atomic E-state index is -0.720. The Hall–Kier alpha value is -2.29. The number of hydrogen-bond acceptors (Lipinski definition) is 3. The minimum absolute atomic E-state index is 0.469. The van der Waals surface area contributed by atoms with Gasteiger partial charge in [-0.3, -0.25) is 0 Å². The van der Waals surface area contributed by atoms with Gasteiger partial charge < -0.3 is 9.47 Å². The molecule has 0 aliphatic heterocycles. The van der Waals surface area contributed by atoms with Crippen LogP contribution >= 0.6 is 0 Å². The predicted molar refractivity (Wildman–Crippen MR) is 68.9 cm³/mol. The van der Waals surface area contributed by atoms with E-state index < -0.39 is 6.16 Å². The molecule has 0 atom stereocenters. The molecule has 2 rings (SSSR count). The Morgan fingerprint density at radius 2 is 1.61 bits per heavy atom. The first-order valence-electron chi connectivity index (χ1n) is 5.82. The summed E-state index contributed by atoms with van der Waals surface area (Å²) >= 11 is 0. The Bertz CT molecular complexity index is 520. The number of ether oxygens (including phenoxy) is 2. The van der Waals surface area contributed by atoms with Gasteiger partial charge in [-0.25, -0.2) is 4.79 Å². The zero-order valence-corrected chi connectivity index (χ0v) is 10.1. The van der Waals surface area contributed by atoms with E-state index in [4.69, 9.17) is 9.47 Å². The van der Waals surface area contributed by atoms with Gasteiger partial charge in [0.1, 0.15) is 11.5 Å². The molecule has 3 heteroatoms. The van der Waals surface area contributed by atoms with Crippen molar-refractivity contribution >= 4 is 6.16 Å². The molecule has 0 saturated heterocycles. The molecule has 0 aromatic heterocycles. The van der Waals surface area contributed by atoms with Crippen LogP contribution in [0, 0.1) is 0 Å². The van der Waals surface area contributed by atoms with E-state index in [9.17, 15) is 4.79 Å². The third-order valence-corrected chi connectivity index (χ3v) is 2.49. The SMILES string of the molecule is CCc1ccccc1OC(=O)Oc1ccccc1. The average molecular weight is 242 g/mol. The van der Waals surface area contributed by atoms with Crippen LogP contribution in [-0.4, -0.2) is 6.16 Å². The highest BCUT2D eigenvalue weighted by atomic mass is 16.7. The Balaban J connectivity index is 2.03. The predicted octanol–water partition coefficient (Wildman–Crippen LogP) is 3.83. The summed E-state index contributed by atoms with van der Waals surface area (Å²) in [5, 5.41) is 0. The Morgan fingerprint density at radius 1 is 0.944 bits per heavy atom. The normalized spacial score (nSPS) is 9.83. The van der Waals surface area contributed by atoms with Crippen LogP contribution in [0.3, 0.4) is 0 Å². The first kappa shape index (κ1) is 12.2. The van der Waals surface area contributed by atoms with Gasteiger partial charge in [-0.15, -0.1) is 0 Å². The molecule has 92 valence electrons. The van der Waals surface area contributed by atoms with E-state index in [1.165, 1.54) is 0 Å². The fourth-order valence-corrected chi connectivity index (χ4v) is 1.59. The maximum Gasteiger partial charge on any atom is 0.519 e. The minimum Gasteiger partial charge on any atom is -0.395 e. The molecule has 0 radical (unpaired) electrons. The molecule has 2 aromatic carbocycles. The molecule has 0 aliphatic carbocycles. The fourth-order valence-electron chi connectivity index (χ4n) is 1.59. The van der Waals surface area contributed by atoms with Crippen LogP contribution in [0.4, 0.5) is 4.79 Å². The van der Waals surface area contributed by atoms with Gasteiger partial charge in [0.2, 0.25) is 0 Å². The smallest absolute Gasteiger partial charge is 0.395 e. The van der Waals surface area contributed by atoms with Crippen molar-refractivity contribution in [1.29, 1.82) is 0 Å². The van der Waals surface area contributed by atoms with Crippen LogP contribution in [0.25, 0.3) is 0 Å². The van der Waals surface area contributed by atoms with Gasteiger partial charge in [-0.2, -0.15) is 0 Å². The second-order valence-electron chi connectivity index (χ2n) is 3.73. The Kier molecular flexibility index (Phi) is 3.97. The molecular weight excluding hydrogens is 228 g/mol. The van der Waals surface area contributed by atoms with Crippen LogP contribution in [0.15, 0.2) is 54.6 Å². The summed E-state index contributed by atoms with van der Waals surface area (Å²) in [5.74, 6) is 1.01. The molecule has 0 saturated carbocycles. The molecule has 0 heterocycles. The lowest BCUT2D eigenvalue weighted by atomic mass is 10.1. The number of hydrogen-bond donors (Lipinski definition) is 0. The lowest BCUT2D eigenvalue weighted by Gasteiger charge is -2.08. The lowest BCUT2D eigenvalue weighted by molar-refractivity contribution is 0.151. The van der Waals surface area contributed by atoms with E-state index in [0.717, 1.165) is 12.0 Å². The van der Waals surface area contributed by atoms with Gasteiger partial charge in [0.05, 0.1) is 0 Å². The van der Waals surface area contributed by atoms with Crippen molar-refractivity contribution < 1.29 is 14.3 Å². The summed E-state index contributed by atoms with van der Waals surface area (Å²) in [6.45, 7) is 2.00. The third kappa shape index (κ3) is 3.10. The summed E-state index contributed by atoms with van der Waals surface area (Å²) in [5.41, 5.74) is 0.975. The first-order valence-corrected chi connectivity index (χ1v) is 5.82. The van der Waals surface area contributed by atoms with Gasteiger partial charge in [0, 0.05) is 0 Å². The van der Waals surface area contributed by atoms with E-state index in [-0.39, 0.29) is 0 Å². The topological polar surface area (TPSA) is 35.5 Å². The molecule has 18 heavy (non-hydrogen) atoms. The lowest BCUT2D eigenvalue weighted by Crippen LogP contribution is -2.14. The standard InChI is InChI=1S/C15H14O3/c1-2-12-8-6-7-11-14(12)18-15(16)17-13-9-4-3-5-10-13/h3-11H,2H2,1H3. The van der Waals surface area contributed by atoms with Crippen LogP contribution in [0.2, 0.25) is 0 Å². The molecule has 3 nitrogen and oxygen atoms in total. The van der Waals surface area contributed by atoms with Crippen molar-refractivity contribution in [2.24, 2.45) is 0 Å². The number of aryl methyl sites for hydroxylation is 1. The summed E-state index contributed by atoms with van der Waals surface area (Å²) in [6, 6.07) is 16.3. The molecular formula is C15H14O3. The highest BCUT2D eigenvalue weighted by molar-refractivity contribution is 5.67. The van der Waals surface area contributed by atoms with Gasteiger partial charge in [-0.05, 0) is 30.2 Å². The van der Waals surface area contributed by atoms with Crippen molar-refractivity contribution in [3.05, 3.63) is 60.2 Å². The zero-order chi connectivity index (χ0) is 12.8. The largest absolute Gasteiger partial charge is 0.519 e. The van der Waals surface area contributed by atoms with Crippen molar-refractivity contribution in [1.82, 2.24) is 0 Å². The molecule has 0 aliphatic rings. The molecule has 2 aromatic rings. The maximum atomic E-state index is 11.6. The van der Waals surface area contributed by atoms with Crippen LogP contribution in [0.5, 0.6) is 11.5 Å². The van der Waals surface area contributed by atoms with E-state index >= 15 is 0 Å². The van der Waals surface area contributed by atoms with E-state index in [0.29, 0.717) is 11.5 Å². The van der Waals surface area contributed by atoms with E-state index in [1.807, 2.05) is 31.2 Å². The van der Waals surface area contributed by atoms with Gasteiger partial charge in [-0.1, -0.05) is 43.3 Å². The van der Waals surface area contributed by atoms with E-state index in [1.54, 1.807) is 30.3 Å². The highest BCUT2D eigenvalue weighted by Crippen LogP contribution is 2.19. The molecule has 0 fully saturated rings. The van der Waals surface area contributed by atoms with Crippen molar-refractivity contribution in [2.75, 3.05) is 0 Å². The molecule has 0 spiro atoms. The summed E-state index contributed by atoms with van der Waals surface area (Å²) < 4.78 is 10.2. The van der Waals surface area contributed by atoms with Gasteiger partial charge in [0.25, 0.3) is 0 Å². The van der Waals surface area contributed by atoms with Crippen LogP contribution in [0.1, 0.15) is 12.5 Å². The van der Waals surface area contributed by atoms with Crippen molar-refractivity contribution in [3.8, 4) is 11.5 Å². The maximum absolute atomic E-state index is 11.6. The average Bonchev–Trinajstić information content (AvgIpc) is 2.40. The van der Waals surface area contributed by atoms with Crippen molar-refractivity contribution in [3.63, 3.8) is 0 Å².